The quantitative estimate of drug-likeness (QED) is 0.573. The molecule has 9 heteroatoms. The lowest BCUT2D eigenvalue weighted by Gasteiger charge is -2.24. The zero-order valence-electron chi connectivity index (χ0n) is 18.2. The van der Waals surface area contributed by atoms with Gasteiger partial charge in [-0.25, -0.2) is 4.79 Å². The summed E-state index contributed by atoms with van der Waals surface area (Å²) in [5.41, 5.74) is 0.316. The van der Waals surface area contributed by atoms with Crippen LogP contribution in [-0.2, 0) is 9.53 Å². The number of phenols is 2. The molecular weight excluding hydrogens is 408 g/mol. The molecule has 0 radical (unpaired) electrons. The molecule has 2 rings (SSSR count). The molecule has 0 saturated carbocycles. The van der Waals surface area contributed by atoms with Gasteiger partial charge in [0.05, 0.1) is 39.9 Å². The largest absolute Gasteiger partial charge is 0.504 e. The van der Waals surface area contributed by atoms with Crippen molar-refractivity contribution in [3.8, 4) is 34.5 Å². The average Bonchev–Trinajstić information content (AvgIpc) is 2.75. The first kappa shape index (κ1) is 23.7. The normalized spacial score (nSPS) is 12.5. The molecule has 168 valence electrons. The number of ketones is 1. The third-order valence-corrected chi connectivity index (χ3v) is 4.83. The van der Waals surface area contributed by atoms with Crippen molar-refractivity contribution in [1.82, 2.24) is 0 Å². The van der Waals surface area contributed by atoms with Gasteiger partial charge in [-0.3, -0.25) is 4.79 Å². The Morgan fingerprint density at radius 2 is 1.32 bits per heavy atom. The fourth-order valence-electron chi connectivity index (χ4n) is 3.05. The molecule has 0 fully saturated rings. The smallest absolute Gasteiger partial charge is 0.339 e. The molecule has 0 aliphatic heterocycles. The first-order valence-electron chi connectivity index (χ1n) is 9.29. The van der Waals surface area contributed by atoms with Crippen molar-refractivity contribution in [2.45, 2.75) is 20.0 Å². The van der Waals surface area contributed by atoms with E-state index < -0.39 is 18.0 Å². The van der Waals surface area contributed by atoms with Crippen molar-refractivity contribution in [3.05, 3.63) is 35.4 Å². The van der Waals surface area contributed by atoms with Gasteiger partial charge in [-0.2, -0.15) is 0 Å². The maximum Gasteiger partial charge on any atom is 0.339 e. The first-order valence-corrected chi connectivity index (χ1v) is 9.29. The topological polar surface area (TPSA) is 121 Å². The van der Waals surface area contributed by atoms with Crippen LogP contribution < -0.4 is 18.9 Å². The van der Waals surface area contributed by atoms with Crippen LogP contribution in [-0.4, -0.2) is 50.4 Å². The number of benzene rings is 2. The number of ether oxygens (including phenoxy) is 5. The summed E-state index contributed by atoms with van der Waals surface area (Å²) in [5, 5.41) is 20.4. The van der Waals surface area contributed by atoms with E-state index in [1.165, 1.54) is 59.6 Å². The highest BCUT2D eigenvalue weighted by atomic mass is 16.5. The Bertz CT molecular complexity index is 968. The predicted octanol–water partition coefficient (Wildman–Crippen LogP) is 3.26. The molecule has 2 aromatic rings. The molecule has 0 spiro atoms. The molecule has 0 amide bonds. The van der Waals surface area contributed by atoms with Crippen LogP contribution in [0.1, 0.15) is 35.9 Å². The summed E-state index contributed by atoms with van der Waals surface area (Å²) < 4.78 is 26.2. The molecule has 0 unspecified atom stereocenters. The summed E-state index contributed by atoms with van der Waals surface area (Å²) >= 11 is 0. The second kappa shape index (κ2) is 9.92. The van der Waals surface area contributed by atoms with Crippen LogP contribution in [0.15, 0.2) is 24.3 Å². The second-order valence-electron chi connectivity index (χ2n) is 6.73. The maximum absolute atomic E-state index is 12.9. The molecule has 0 heterocycles. The van der Waals surface area contributed by atoms with Crippen molar-refractivity contribution in [3.63, 3.8) is 0 Å². The molecule has 0 aliphatic carbocycles. The van der Waals surface area contributed by atoms with Crippen molar-refractivity contribution in [2.24, 2.45) is 5.92 Å². The number of carbonyl (C=O) groups excluding carboxylic acids is 2. The van der Waals surface area contributed by atoms with Crippen molar-refractivity contribution < 1.29 is 43.5 Å². The Hall–Kier alpha value is -3.62. The van der Waals surface area contributed by atoms with Crippen LogP contribution in [0.5, 0.6) is 34.5 Å². The summed E-state index contributed by atoms with van der Waals surface area (Å²) in [6, 6.07) is 5.38. The average molecular weight is 434 g/mol. The molecule has 0 bridgehead atoms. The van der Waals surface area contributed by atoms with Gasteiger partial charge in [0.1, 0.15) is 11.9 Å². The predicted molar refractivity (Wildman–Crippen MR) is 110 cm³/mol. The number of Topliss-reactive ketones (excluding diaryl/α,β-unsaturated/α-hetero) is 1. The second-order valence-corrected chi connectivity index (χ2v) is 6.73. The Balaban J connectivity index is 2.50. The maximum atomic E-state index is 12.9. The van der Waals surface area contributed by atoms with Crippen LogP contribution in [0, 0.1) is 5.92 Å². The SMILES string of the molecule is COc1cc(C(=O)O[C@@H](c2cc(O)c(OC)c(OC)c2)[C@H](C)C(C)=O)cc(O)c1OC. The van der Waals surface area contributed by atoms with Crippen LogP contribution in [0.2, 0.25) is 0 Å². The lowest BCUT2D eigenvalue weighted by molar-refractivity contribution is -0.123. The van der Waals surface area contributed by atoms with E-state index in [-0.39, 0.29) is 45.8 Å². The van der Waals surface area contributed by atoms with Crippen LogP contribution >= 0.6 is 0 Å². The molecule has 2 atom stereocenters. The highest BCUT2D eigenvalue weighted by Crippen LogP contribution is 2.42. The number of methoxy groups -OCH3 is 4. The fraction of sp³-hybridized carbons (Fsp3) is 0.364. The van der Waals surface area contributed by atoms with Crippen LogP contribution in [0.4, 0.5) is 0 Å². The Labute approximate surface area is 180 Å². The van der Waals surface area contributed by atoms with E-state index in [1.54, 1.807) is 6.92 Å². The molecule has 31 heavy (non-hydrogen) atoms. The van der Waals surface area contributed by atoms with Crippen LogP contribution in [0.3, 0.4) is 0 Å². The van der Waals surface area contributed by atoms with Crippen LogP contribution in [0.25, 0.3) is 0 Å². The molecule has 0 saturated heterocycles. The minimum absolute atomic E-state index is 0.0133. The van der Waals surface area contributed by atoms with Gasteiger partial charge in [0, 0.05) is 5.56 Å². The van der Waals surface area contributed by atoms with Gasteiger partial charge in [0.25, 0.3) is 0 Å². The Kier molecular flexibility index (Phi) is 7.57. The highest BCUT2D eigenvalue weighted by molar-refractivity contribution is 5.91. The summed E-state index contributed by atoms with van der Waals surface area (Å²) in [4.78, 5) is 25.0. The minimum atomic E-state index is -1.05. The lowest BCUT2D eigenvalue weighted by atomic mass is 9.93. The summed E-state index contributed by atoms with van der Waals surface area (Å²) in [6.45, 7) is 2.97. The summed E-state index contributed by atoms with van der Waals surface area (Å²) in [6.07, 6.45) is -1.05. The number of aromatic hydroxyl groups is 2. The highest BCUT2D eigenvalue weighted by Gasteiger charge is 2.30. The van der Waals surface area contributed by atoms with Gasteiger partial charge >= 0.3 is 5.97 Å². The molecule has 2 aromatic carbocycles. The first-order chi connectivity index (χ1) is 14.7. The Morgan fingerprint density at radius 3 is 1.81 bits per heavy atom. The monoisotopic (exact) mass is 434 g/mol. The van der Waals surface area contributed by atoms with E-state index in [1.807, 2.05) is 0 Å². The standard InChI is InChI=1S/C22H26O9/c1-11(12(2)23)19(13-7-15(24)20(29-5)17(9-13)27-3)31-22(26)14-8-16(25)21(30-6)18(10-14)28-4/h7-11,19,24-25H,1-6H3/t11-,19-/m1/s1. The van der Waals surface area contributed by atoms with Crippen molar-refractivity contribution in [2.75, 3.05) is 28.4 Å². The van der Waals surface area contributed by atoms with Gasteiger partial charge in [-0.1, -0.05) is 6.92 Å². The lowest BCUT2D eigenvalue weighted by Crippen LogP contribution is -2.23. The zero-order chi connectivity index (χ0) is 23.3. The summed E-state index contributed by atoms with van der Waals surface area (Å²) in [5.74, 6) is -1.83. The summed E-state index contributed by atoms with van der Waals surface area (Å²) in [7, 11) is 5.47. The fourth-order valence-corrected chi connectivity index (χ4v) is 3.05. The third-order valence-electron chi connectivity index (χ3n) is 4.83. The number of hydrogen-bond donors (Lipinski definition) is 2. The van der Waals surface area contributed by atoms with Gasteiger partial charge < -0.3 is 33.9 Å². The number of hydrogen-bond acceptors (Lipinski definition) is 9. The molecular formula is C22H26O9. The van der Waals surface area contributed by atoms with Gasteiger partial charge in [-0.05, 0) is 31.2 Å². The van der Waals surface area contributed by atoms with Crippen molar-refractivity contribution in [1.29, 1.82) is 0 Å². The van der Waals surface area contributed by atoms with E-state index in [2.05, 4.69) is 0 Å². The number of phenolic OH excluding ortho intramolecular Hbond substituents is 2. The van der Waals surface area contributed by atoms with E-state index >= 15 is 0 Å². The van der Waals surface area contributed by atoms with Crippen molar-refractivity contribution >= 4 is 11.8 Å². The van der Waals surface area contributed by atoms with E-state index in [0.29, 0.717) is 5.56 Å². The van der Waals surface area contributed by atoms with Gasteiger partial charge in [-0.15, -0.1) is 0 Å². The third kappa shape index (κ3) is 4.93. The van der Waals surface area contributed by atoms with E-state index in [9.17, 15) is 19.8 Å². The molecule has 2 N–H and O–H groups in total. The molecule has 9 nitrogen and oxygen atoms in total. The molecule has 0 aromatic heterocycles. The number of rotatable bonds is 9. The Morgan fingerprint density at radius 1 is 0.806 bits per heavy atom. The number of carbonyl (C=O) groups is 2. The minimum Gasteiger partial charge on any atom is -0.504 e. The van der Waals surface area contributed by atoms with E-state index in [4.69, 9.17) is 23.7 Å². The van der Waals surface area contributed by atoms with Gasteiger partial charge in [0.15, 0.2) is 23.0 Å². The number of esters is 1. The van der Waals surface area contributed by atoms with E-state index in [0.717, 1.165) is 0 Å². The zero-order valence-corrected chi connectivity index (χ0v) is 18.2. The molecule has 0 aliphatic rings. The van der Waals surface area contributed by atoms with Gasteiger partial charge in [0.2, 0.25) is 11.5 Å².